The molecule has 4 atom stereocenters. The van der Waals surface area contributed by atoms with E-state index in [0.717, 1.165) is 51.0 Å². The third kappa shape index (κ3) is 13.3. The largest absolute Gasteiger partial charge is 0.481 e. The molecule has 0 aromatic rings. The van der Waals surface area contributed by atoms with Gasteiger partial charge in [-0.3, -0.25) is 4.79 Å². The van der Waals surface area contributed by atoms with Gasteiger partial charge >= 0.3 is 5.97 Å². The molecule has 35 heavy (non-hydrogen) atoms. The second-order valence-corrected chi connectivity index (χ2v) is 11.1. The number of allylic oxidation sites excluding steroid dienone is 6. The highest BCUT2D eigenvalue weighted by Crippen LogP contribution is 2.32. The van der Waals surface area contributed by atoms with Gasteiger partial charge in [0, 0.05) is 12.5 Å². The van der Waals surface area contributed by atoms with E-state index in [2.05, 4.69) is 65.8 Å². The zero-order valence-corrected chi connectivity index (χ0v) is 23.9. The smallest absolute Gasteiger partial charge is 0.306 e. The number of unbranched alkanes of at least 4 members (excludes halogenated alkanes) is 1. The molecule has 3 nitrogen and oxygen atoms in total. The third-order valence-electron chi connectivity index (χ3n) is 7.63. The van der Waals surface area contributed by atoms with Crippen LogP contribution in [-0.2, 0) is 9.53 Å². The van der Waals surface area contributed by atoms with E-state index in [9.17, 15) is 4.79 Å². The van der Waals surface area contributed by atoms with E-state index >= 15 is 0 Å². The first-order valence-electron chi connectivity index (χ1n) is 14.2. The number of carboxylic acid groups (broad SMARTS) is 1. The summed E-state index contributed by atoms with van der Waals surface area (Å²) in [6.07, 6.45) is 21.7. The van der Waals surface area contributed by atoms with Crippen molar-refractivity contribution in [2.75, 3.05) is 6.61 Å². The highest BCUT2D eigenvalue weighted by atomic mass is 16.5. The molecule has 3 heteroatoms. The summed E-state index contributed by atoms with van der Waals surface area (Å²) in [5, 5.41) is 8.97. The van der Waals surface area contributed by atoms with Crippen LogP contribution in [0.25, 0.3) is 0 Å². The maximum Gasteiger partial charge on any atom is 0.306 e. The molecule has 0 saturated carbocycles. The van der Waals surface area contributed by atoms with Crippen molar-refractivity contribution in [1.82, 2.24) is 0 Å². The Kier molecular flexibility index (Phi) is 15.9. The van der Waals surface area contributed by atoms with Gasteiger partial charge in [-0.25, -0.2) is 0 Å². The molecule has 4 unspecified atom stereocenters. The minimum absolute atomic E-state index is 0.254. The molecular formula is C32H54O3. The highest BCUT2D eigenvalue weighted by Gasteiger charge is 2.26. The molecule has 0 radical (unpaired) electrons. The van der Waals surface area contributed by atoms with E-state index in [-0.39, 0.29) is 12.0 Å². The first-order chi connectivity index (χ1) is 16.6. The topological polar surface area (TPSA) is 46.5 Å². The quantitative estimate of drug-likeness (QED) is 0.155. The van der Waals surface area contributed by atoms with E-state index < -0.39 is 5.97 Å². The number of carbonyl (C=O) groups is 1. The fourth-order valence-corrected chi connectivity index (χ4v) is 4.60. The Labute approximate surface area is 216 Å². The molecule has 0 aromatic carbocycles. The average Bonchev–Trinajstić information content (AvgIpc) is 2.81. The lowest BCUT2D eigenvalue weighted by Crippen LogP contribution is -2.28. The molecule has 0 fully saturated rings. The van der Waals surface area contributed by atoms with Crippen molar-refractivity contribution >= 4 is 5.97 Å². The minimum Gasteiger partial charge on any atom is -0.481 e. The van der Waals surface area contributed by atoms with Crippen LogP contribution in [0.5, 0.6) is 0 Å². The first-order valence-corrected chi connectivity index (χ1v) is 14.2. The lowest BCUT2D eigenvalue weighted by Gasteiger charge is -2.31. The number of hydrogen-bond acceptors (Lipinski definition) is 2. The van der Waals surface area contributed by atoms with Crippen molar-refractivity contribution in [3.05, 3.63) is 46.6 Å². The Bertz CT molecular complexity index is 740. The number of rotatable bonds is 18. The fraction of sp³-hybridized carbons (Fsp3) is 0.719. The fourth-order valence-electron chi connectivity index (χ4n) is 4.60. The van der Waals surface area contributed by atoms with Crippen LogP contribution >= 0.6 is 0 Å². The Hall–Kier alpha value is -1.61. The zero-order valence-electron chi connectivity index (χ0n) is 23.9. The number of carboxylic acids is 1. The second kappa shape index (κ2) is 17.8. The molecule has 1 aliphatic carbocycles. The summed E-state index contributed by atoms with van der Waals surface area (Å²) in [5.41, 5.74) is 5.80. The van der Waals surface area contributed by atoms with Gasteiger partial charge in [0.2, 0.25) is 0 Å². The lowest BCUT2D eigenvalue weighted by atomic mass is 9.83. The van der Waals surface area contributed by atoms with Crippen LogP contribution in [0, 0.1) is 17.8 Å². The van der Waals surface area contributed by atoms with Crippen LogP contribution in [0.15, 0.2) is 46.6 Å². The molecular weight excluding hydrogens is 432 g/mol. The van der Waals surface area contributed by atoms with Crippen LogP contribution in [0.1, 0.15) is 119 Å². The van der Waals surface area contributed by atoms with Gasteiger partial charge in [-0.15, -0.1) is 0 Å². The summed E-state index contributed by atoms with van der Waals surface area (Å²) in [6, 6.07) is 0. The van der Waals surface area contributed by atoms with Crippen LogP contribution in [0.4, 0.5) is 0 Å². The molecule has 0 aromatic heterocycles. The lowest BCUT2D eigenvalue weighted by molar-refractivity contribution is -0.141. The molecule has 1 aliphatic rings. The summed E-state index contributed by atoms with van der Waals surface area (Å²) < 4.78 is 6.31. The Balaban J connectivity index is 2.32. The summed E-state index contributed by atoms with van der Waals surface area (Å²) in [6.45, 7) is 16.2. The molecule has 200 valence electrons. The van der Waals surface area contributed by atoms with Gasteiger partial charge in [0.15, 0.2) is 0 Å². The van der Waals surface area contributed by atoms with E-state index in [1.165, 1.54) is 54.4 Å². The van der Waals surface area contributed by atoms with Gasteiger partial charge in [0.05, 0.1) is 12.0 Å². The number of ether oxygens (including phenoxy) is 1. The molecule has 0 saturated heterocycles. The number of aliphatic carboxylic acids is 1. The zero-order chi connectivity index (χ0) is 26.2. The van der Waals surface area contributed by atoms with E-state index in [0.29, 0.717) is 5.92 Å². The van der Waals surface area contributed by atoms with Crippen LogP contribution in [-0.4, -0.2) is 23.8 Å². The first kappa shape index (κ1) is 31.4. The van der Waals surface area contributed by atoms with Gasteiger partial charge in [-0.1, -0.05) is 75.1 Å². The summed E-state index contributed by atoms with van der Waals surface area (Å²) in [4.78, 5) is 10.9. The summed E-state index contributed by atoms with van der Waals surface area (Å²) in [7, 11) is 0. The van der Waals surface area contributed by atoms with Gasteiger partial charge < -0.3 is 9.84 Å². The van der Waals surface area contributed by atoms with Crippen molar-refractivity contribution in [1.29, 1.82) is 0 Å². The minimum atomic E-state index is -0.695. The molecule has 1 rings (SSSR count). The molecule has 0 heterocycles. The maximum atomic E-state index is 10.9. The van der Waals surface area contributed by atoms with Crippen LogP contribution in [0.3, 0.4) is 0 Å². The van der Waals surface area contributed by atoms with Crippen molar-refractivity contribution < 1.29 is 14.6 Å². The van der Waals surface area contributed by atoms with Gasteiger partial charge in [-0.05, 0) is 96.5 Å². The predicted molar refractivity (Wildman–Crippen MR) is 151 cm³/mol. The van der Waals surface area contributed by atoms with E-state index in [1.54, 1.807) is 6.92 Å². The molecule has 1 N–H and O–H groups in total. The Morgan fingerprint density at radius 3 is 2.26 bits per heavy atom. The van der Waals surface area contributed by atoms with Crippen LogP contribution < -0.4 is 0 Å². The molecule has 0 aliphatic heterocycles. The van der Waals surface area contributed by atoms with Crippen LogP contribution in [0.2, 0.25) is 0 Å². The highest BCUT2D eigenvalue weighted by molar-refractivity contribution is 5.69. The molecule has 0 amide bonds. The SMILES string of the molecule is CCCCOC1C(CCC(C)CCC=C(C)CCCC(C)=CCCC(C)C(=O)O)=CC=C(C)C1C. The Morgan fingerprint density at radius 1 is 1.03 bits per heavy atom. The maximum absolute atomic E-state index is 10.9. The van der Waals surface area contributed by atoms with E-state index in [4.69, 9.17) is 9.84 Å². The van der Waals surface area contributed by atoms with E-state index in [1.807, 2.05) is 0 Å². The predicted octanol–water partition coefficient (Wildman–Crippen LogP) is 9.45. The number of hydrogen-bond donors (Lipinski definition) is 1. The summed E-state index contributed by atoms with van der Waals surface area (Å²) in [5.74, 6) is 0.257. The van der Waals surface area contributed by atoms with Crippen molar-refractivity contribution in [2.45, 2.75) is 125 Å². The second-order valence-electron chi connectivity index (χ2n) is 11.1. The molecule has 0 spiro atoms. The van der Waals surface area contributed by atoms with Crippen molar-refractivity contribution in [3.8, 4) is 0 Å². The normalized spacial score (nSPS) is 20.9. The average molecular weight is 487 g/mol. The summed E-state index contributed by atoms with van der Waals surface area (Å²) >= 11 is 0. The van der Waals surface area contributed by atoms with Gasteiger partial charge in [0.1, 0.15) is 0 Å². The Morgan fingerprint density at radius 2 is 1.66 bits per heavy atom. The van der Waals surface area contributed by atoms with Crippen molar-refractivity contribution in [2.24, 2.45) is 17.8 Å². The van der Waals surface area contributed by atoms with Gasteiger partial charge in [0.25, 0.3) is 0 Å². The molecule has 0 bridgehead atoms. The van der Waals surface area contributed by atoms with Gasteiger partial charge in [-0.2, -0.15) is 0 Å². The third-order valence-corrected chi connectivity index (χ3v) is 7.63. The standard InChI is InChI=1S/C32H54O3/c1-8-9-23-35-31-29(7)27(5)20-22-30(31)21-19-26(4)16-11-15-24(2)13-10-14-25(3)17-12-18-28(6)32(33)34/h15,17,20,22,26,28-29,31H,8-14,16,18-19,21,23H2,1-7H3,(H,33,34). The monoisotopic (exact) mass is 486 g/mol. The van der Waals surface area contributed by atoms with Crippen molar-refractivity contribution in [3.63, 3.8) is 0 Å².